The summed E-state index contributed by atoms with van der Waals surface area (Å²) in [7, 11) is 0. The predicted octanol–water partition coefficient (Wildman–Crippen LogP) is 0.574. The second-order valence-corrected chi connectivity index (χ2v) is 2.41. The Kier molecular flexibility index (Phi) is 0.873. The van der Waals surface area contributed by atoms with Crippen LogP contribution in [0.4, 0.5) is 0 Å². The highest BCUT2D eigenvalue weighted by atomic mass is 15.1. The van der Waals surface area contributed by atoms with Crippen LogP contribution in [-0.4, -0.2) is 10.2 Å². The van der Waals surface area contributed by atoms with E-state index in [9.17, 15) is 0 Å². The summed E-state index contributed by atoms with van der Waals surface area (Å²) in [5, 5.41) is 10.2. The summed E-state index contributed by atoms with van der Waals surface area (Å²) >= 11 is 0. The molecule has 1 atom stereocenters. The molecule has 0 aliphatic carbocycles. The Balaban J connectivity index is 2.49. The average Bonchev–Trinajstić information content (AvgIpc) is 2.35. The normalized spacial score (nSPS) is 24.3. The monoisotopic (exact) mass is 123 g/mol. The standard InChI is InChI=1S/C6H9N3/c1-4-6-5(2-7-4)3-8-9-6/h3-4,7H,2H2,1H3,(H,8,9)/t4-/m0/s1. The van der Waals surface area contributed by atoms with Gasteiger partial charge in [-0.05, 0) is 6.92 Å². The van der Waals surface area contributed by atoms with Gasteiger partial charge in [-0.15, -0.1) is 0 Å². The quantitative estimate of drug-likeness (QED) is 0.529. The van der Waals surface area contributed by atoms with Crippen molar-refractivity contribution in [2.75, 3.05) is 0 Å². The topological polar surface area (TPSA) is 40.7 Å². The Hall–Kier alpha value is -0.830. The lowest BCUT2D eigenvalue weighted by Gasteiger charge is -1.98. The van der Waals surface area contributed by atoms with Gasteiger partial charge in [-0.3, -0.25) is 5.10 Å². The second kappa shape index (κ2) is 1.57. The number of nitrogens with one attached hydrogen (secondary N) is 2. The van der Waals surface area contributed by atoms with E-state index >= 15 is 0 Å². The van der Waals surface area contributed by atoms with Gasteiger partial charge in [0.25, 0.3) is 0 Å². The molecule has 48 valence electrons. The van der Waals surface area contributed by atoms with Gasteiger partial charge in [-0.2, -0.15) is 5.10 Å². The number of hydrogen-bond acceptors (Lipinski definition) is 2. The molecule has 0 unspecified atom stereocenters. The molecule has 3 heteroatoms. The van der Waals surface area contributed by atoms with Crippen molar-refractivity contribution in [2.45, 2.75) is 19.5 Å². The zero-order chi connectivity index (χ0) is 6.27. The first kappa shape index (κ1) is 4.99. The lowest BCUT2D eigenvalue weighted by Crippen LogP contribution is -2.08. The van der Waals surface area contributed by atoms with Crippen LogP contribution in [0.15, 0.2) is 6.20 Å². The highest BCUT2D eigenvalue weighted by Gasteiger charge is 2.18. The Morgan fingerprint density at radius 2 is 2.67 bits per heavy atom. The van der Waals surface area contributed by atoms with Gasteiger partial charge < -0.3 is 5.32 Å². The Bertz CT molecular complexity index is 216. The molecule has 1 aliphatic heterocycles. The van der Waals surface area contributed by atoms with Crippen LogP contribution in [0.3, 0.4) is 0 Å². The summed E-state index contributed by atoms with van der Waals surface area (Å²) in [6.07, 6.45) is 1.88. The summed E-state index contributed by atoms with van der Waals surface area (Å²) in [6.45, 7) is 3.09. The highest BCUT2D eigenvalue weighted by Crippen LogP contribution is 2.20. The molecular weight excluding hydrogens is 114 g/mol. The van der Waals surface area contributed by atoms with Gasteiger partial charge in [0.05, 0.1) is 11.9 Å². The zero-order valence-electron chi connectivity index (χ0n) is 5.31. The van der Waals surface area contributed by atoms with Crippen molar-refractivity contribution < 1.29 is 0 Å². The fraction of sp³-hybridized carbons (Fsp3) is 0.500. The van der Waals surface area contributed by atoms with E-state index < -0.39 is 0 Å². The molecule has 0 radical (unpaired) electrons. The van der Waals surface area contributed by atoms with E-state index in [1.807, 2.05) is 6.20 Å². The van der Waals surface area contributed by atoms with Crippen LogP contribution in [0.25, 0.3) is 0 Å². The average molecular weight is 123 g/mol. The highest BCUT2D eigenvalue weighted by molar-refractivity contribution is 5.23. The number of fused-ring (bicyclic) bond motifs is 1. The van der Waals surface area contributed by atoms with Gasteiger partial charge in [0.2, 0.25) is 0 Å². The van der Waals surface area contributed by atoms with Crippen molar-refractivity contribution in [3.63, 3.8) is 0 Å². The van der Waals surface area contributed by atoms with Gasteiger partial charge in [0, 0.05) is 18.2 Å². The van der Waals surface area contributed by atoms with Crippen LogP contribution in [-0.2, 0) is 6.54 Å². The Morgan fingerprint density at radius 3 is 3.44 bits per heavy atom. The van der Waals surface area contributed by atoms with E-state index in [-0.39, 0.29) is 0 Å². The summed E-state index contributed by atoms with van der Waals surface area (Å²) in [5.41, 5.74) is 2.55. The first-order valence-electron chi connectivity index (χ1n) is 3.13. The van der Waals surface area contributed by atoms with Gasteiger partial charge in [-0.1, -0.05) is 0 Å². The molecule has 3 nitrogen and oxygen atoms in total. The van der Waals surface area contributed by atoms with Crippen LogP contribution in [0, 0.1) is 0 Å². The van der Waals surface area contributed by atoms with Crippen LogP contribution in [0.1, 0.15) is 24.2 Å². The van der Waals surface area contributed by atoms with Crippen LogP contribution in [0.5, 0.6) is 0 Å². The zero-order valence-corrected chi connectivity index (χ0v) is 5.31. The molecule has 9 heavy (non-hydrogen) atoms. The molecule has 0 saturated carbocycles. The molecule has 0 amide bonds. The van der Waals surface area contributed by atoms with Crippen molar-refractivity contribution >= 4 is 0 Å². The molecule has 0 aromatic carbocycles. The third-order valence-corrected chi connectivity index (χ3v) is 1.78. The number of aromatic nitrogens is 2. The SMILES string of the molecule is C[C@@H]1NCc2cn[nH]c21. The molecule has 1 aromatic rings. The first-order chi connectivity index (χ1) is 4.38. The van der Waals surface area contributed by atoms with Gasteiger partial charge in [0.1, 0.15) is 0 Å². The first-order valence-corrected chi connectivity index (χ1v) is 3.13. The van der Waals surface area contributed by atoms with E-state index in [0.29, 0.717) is 6.04 Å². The number of nitrogens with zero attached hydrogens (tertiary/aromatic N) is 1. The van der Waals surface area contributed by atoms with E-state index in [1.54, 1.807) is 0 Å². The summed E-state index contributed by atoms with van der Waals surface area (Å²) in [5.74, 6) is 0. The fourth-order valence-corrected chi connectivity index (χ4v) is 1.20. The summed E-state index contributed by atoms with van der Waals surface area (Å²) < 4.78 is 0. The van der Waals surface area contributed by atoms with Crippen molar-refractivity contribution in [1.29, 1.82) is 0 Å². The van der Waals surface area contributed by atoms with Gasteiger partial charge >= 0.3 is 0 Å². The molecule has 2 rings (SSSR count). The fourth-order valence-electron chi connectivity index (χ4n) is 1.20. The minimum atomic E-state index is 0.461. The lowest BCUT2D eigenvalue weighted by atomic mass is 10.2. The van der Waals surface area contributed by atoms with Gasteiger partial charge in [0.15, 0.2) is 0 Å². The number of aromatic amines is 1. The minimum absolute atomic E-state index is 0.461. The number of rotatable bonds is 0. The van der Waals surface area contributed by atoms with Crippen molar-refractivity contribution in [2.24, 2.45) is 0 Å². The molecule has 0 bridgehead atoms. The Labute approximate surface area is 53.5 Å². The molecule has 0 fully saturated rings. The molecule has 0 spiro atoms. The third-order valence-electron chi connectivity index (χ3n) is 1.78. The predicted molar refractivity (Wildman–Crippen MR) is 33.8 cm³/mol. The van der Waals surface area contributed by atoms with Crippen molar-refractivity contribution in [1.82, 2.24) is 15.5 Å². The second-order valence-electron chi connectivity index (χ2n) is 2.41. The largest absolute Gasteiger partial charge is 0.305 e. The molecule has 2 heterocycles. The van der Waals surface area contributed by atoms with Crippen LogP contribution < -0.4 is 5.32 Å². The molecular formula is C6H9N3. The maximum absolute atomic E-state index is 3.93. The summed E-state index contributed by atoms with van der Waals surface area (Å²) in [6, 6.07) is 0.461. The van der Waals surface area contributed by atoms with E-state index in [2.05, 4.69) is 22.4 Å². The van der Waals surface area contributed by atoms with Gasteiger partial charge in [-0.25, -0.2) is 0 Å². The number of hydrogen-bond donors (Lipinski definition) is 2. The Morgan fingerprint density at radius 1 is 1.78 bits per heavy atom. The van der Waals surface area contributed by atoms with Crippen molar-refractivity contribution in [3.05, 3.63) is 17.5 Å². The molecule has 2 N–H and O–H groups in total. The van der Waals surface area contributed by atoms with E-state index in [4.69, 9.17) is 0 Å². The maximum Gasteiger partial charge on any atom is 0.0563 e. The molecule has 0 saturated heterocycles. The van der Waals surface area contributed by atoms with E-state index in [0.717, 1.165) is 6.54 Å². The lowest BCUT2D eigenvalue weighted by molar-refractivity contribution is 0.614. The summed E-state index contributed by atoms with van der Waals surface area (Å²) in [4.78, 5) is 0. The van der Waals surface area contributed by atoms with Crippen LogP contribution in [0.2, 0.25) is 0 Å². The minimum Gasteiger partial charge on any atom is -0.305 e. The molecule has 1 aliphatic rings. The van der Waals surface area contributed by atoms with Crippen molar-refractivity contribution in [3.8, 4) is 0 Å². The number of H-pyrrole nitrogens is 1. The van der Waals surface area contributed by atoms with Crippen LogP contribution >= 0.6 is 0 Å². The molecule has 1 aromatic heterocycles. The maximum atomic E-state index is 3.93. The third kappa shape index (κ3) is 0.580. The smallest absolute Gasteiger partial charge is 0.0563 e. The van der Waals surface area contributed by atoms with E-state index in [1.165, 1.54) is 11.3 Å².